The Morgan fingerprint density at radius 1 is 1.16 bits per heavy atom. The molecular formula is C32H42ClFN4O5. The normalized spacial score (nSPS) is 14.7. The number of rotatable bonds is 14. The molecule has 234 valence electrons. The van der Waals surface area contributed by atoms with Crippen molar-refractivity contribution in [3.05, 3.63) is 47.5 Å². The molecule has 0 radical (unpaired) electrons. The number of nitrogens with one attached hydrogen (secondary N) is 1. The predicted octanol–water partition coefficient (Wildman–Crippen LogP) is 6.67. The number of anilines is 2. The van der Waals surface area contributed by atoms with Crippen LogP contribution in [0, 0.1) is 5.82 Å². The summed E-state index contributed by atoms with van der Waals surface area (Å²) in [5, 5.41) is 13.9. The Bertz CT molecular complexity index is 1380. The highest BCUT2D eigenvalue weighted by Gasteiger charge is 2.22. The van der Waals surface area contributed by atoms with E-state index in [0.29, 0.717) is 48.2 Å². The molecule has 4 rings (SSSR count). The lowest BCUT2D eigenvalue weighted by molar-refractivity contribution is -0.156. The number of hydrogen-bond donors (Lipinski definition) is 2. The second kappa shape index (κ2) is 15.0. The van der Waals surface area contributed by atoms with Gasteiger partial charge in [0.1, 0.15) is 23.6 Å². The highest BCUT2D eigenvalue weighted by atomic mass is 35.5. The van der Waals surface area contributed by atoms with Gasteiger partial charge in [-0.2, -0.15) is 0 Å². The highest BCUT2D eigenvalue weighted by molar-refractivity contribution is 6.31. The van der Waals surface area contributed by atoms with Gasteiger partial charge < -0.3 is 24.6 Å². The molecule has 0 bridgehead atoms. The minimum Gasteiger partial charge on any atom is -0.490 e. The van der Waals surface area contributed by atoms with Crippen molar-refractivity contribution in [3.8, 4) is 11.5 Å². The first-order chi connectivity index (χ1) is 20.5. The van der Waals surface area contributed by atoms with Crippen LogP contribution in [0.4, 0.5) is 15.9 Å². The molecule has 0 spiro atoms. The number of carbonyl (C=O) groups excluding carboxylic acids is 1. The number of carbonyl (C=O) groups is 1. The lowest BCUT2D eigenvalue weighted by Gasteiger charge is -2.26. The fourth-order valence-electron chi connectivity index (χ4n) is 5.05. The number of hydrogen-bond acceptors (Lipinski definition) is 9. The standard InChI is InChI=1S/C32H42ClFN4O5/c1-21(39)18-38(19-30(40)43-32(2,3)4)13-7-8-14-41-28-16-24-27(17-29(28)42-23-9-5-6-10-23)35-20-36-31(24)37-22-11-12-26(34)25(33)15-22/h11-12,15-17,20-21,23,39H,5-10,13-14,18-19H2,1-4H3,(H,35,36,37)/t21-/m1/s1. The molecule has 0 aliphatic heterocycles. The molecule has 1 aliphatic rings. The molecule has 1 aromatic heterocycles. The van der Waals surface area contributed by atoms with E-state index in [4.69, 9.17) is 25.8 Å². The summed E-state index contributed by atoms with van der Waals surface area (Å²) >= 11 is 5.98. The van der Waals surface area contributed by atoms with Crippen LogP contribution in [-0.4, -0.2) is 70.0 Å². The number of aliphatic hydroxyl groups is 1. The zero-order chi connectivity index (χ0) is 31.0. The van der Waals surface area contributed by atoms with Crippen LogP contribution in [0.2, 0.25) is 5.02 Å². The summed E-state index contributed by atoms with van der Waals surface area (Å²) in [6.07, 6.45) is 6.76. The van der Waals surface area contributed by atoms with Gasteiger partial charge in [0, 0.05) is 23.7 Å². The summed E-state index contributed by atoms with van der Waals surface area (Å²) in [4.78, 5) is 23.1. The topological polar surface area (TPSA) is 106 Å². The quantitative estimate of drug-likeness (QED) is 0.152. The molecule has 2 aromatic carbocycles. The van der Waals surface area contributed by atoms with Crippen molar-refractivity contribution in [2.24, 2.45) is 0 Å². The number of esters is 1. The molecule has 1 fully saturated rings. The molecule has 0 amide bonds. The number of benzene rings is 2. The Hall–Kier alpha value is -3.21. The maximum atomic E-state index is 13.7. The number of aliphatic hydroxyl groups excluding tert-OH is 1. The van der Waals surface area contributed by atoms with Crippen molar-refractivity contribution in [2.45, 2.75) is 84.0 Å². The van der Waals surface area contributed by atoms with Gasteiger partial charge in [0.25, 0.3) is 0 Å². The minimum absolute atomic E-state index is 0.0118. The summed E-state index contributed by atoms with van der Waals surface area (Å²) in [6, 6.07) is 8.14. The monoisotopic (exact) mass is 616 g/mol. The summed E-state index contributed by atoms with van der Waals surface area (Å²) in [6.45, 7) is 8.73. The molecule has 9 nitrogen and oxygen atoms in total. The van der Waals surface area contributed by atoms with Gasteiger partial charge in [-0.25, -0.2) is 14.4 Å². The van der Waals surface area contributed by atoms with Crippen molar-refractivity contribution < 1.29 is 28.5 Å². The Kier molecular flexibility index (Phi) is 11.4. The SMILES string of the molecule is C[C@@H](O)CN(CCCCOc1cc2c(Nc3ccc(F)c(Cl)c3)ncnc2cc1OC1CCCC1)CC(=O)OC(C)(C)C. The Morgan fingerprint density at radius 2 is 1.93 bits per heavy atom. The van der Waals surface area contributed by atoms with Gasteiger partial charge in [0.2, 0.25) is 0 Å². The minimum atomic E-state index is -0.567. The Labute approximate surface area is 257 Å². The number of halogens is 2. The molecule has 2 N–H and O–H groups in total. The van der Waals surface area contributed by atoms with E-state index in [1.807, 2.05) is 37.8 Å². The van der Waals surface area contributed by atoms with E-state index in [0.717, 1.165) is 43.9 Å². The van der Waals surface area contributed by atoms with Crippen LogP contribution in [0.3, 0.4) is 0 Å². The molecule has 3 aromatic rings. The summed E-state index contributed by atoms with van der Waals surface area (Å²) in [7, 11) is 0. The fourth-order valence-corrected chi connectivity index (χ4v) is 5.23. The van der Waals surface area contributed by atoms with Gasteiger partial charge in [0.05, 0.1) is 35.9 Å². The Morgan fingerprint density at radius 3 is 2.63 bits per heavy atom. The lowest BCUT2D eigenvalue weighted by Crippen LogP contribution is -2.39. The van der Waals surface area contributed by atoms with Crippen molar-refractivity contribution >= 4 is 40.0 Å². The second-order valence-electron chi connectivity index (χ2n) is 12.0. The molecule has 1 heterocycles. The van der Waals surface area contributed by atoms with Crippen molar-refractivity contribution in [1.82, 2.24) is 14.9 Å². The molecule has 11 heteroatoms. The van der Waals surface area contributed by atoms with E-state index >= 15 is 0 Å². The third-order valence-corrected chi connectivity index (χ3v) is 7.19. The highest BCUT2D eigenvalue weighted by Crippen LogP contribution is 2.37. The van der Waals surface area contributed by atoms with E-state index < -0.39 is 17.5 Å². The molecule has 43 heavy (non-hydrogen) atoms. The number of nitrogens with zero attached hydrogens (tertiary/aromatic N) is 3. The summed E-state index contributed by atoms with van der Waals surface area (Å²) in [5.74, 6) is 0.936. The van der Waals surface area contributed by atoms with Gasteiger partial charge in [0.15, 0.2) is 11.5 Å². The van der Waals surface area contributed by atoms with E-state index in [1.54, 1.807) is 13.0 Å². The fraction of sp³-hybridized carbons (Fsp3) is 0.531. The van der Waals surface area contributed by atoms with Crippen molar-refractivity contribution in [2.75, 3.05) is 31.6 Å². The van der Waals surface area contributed by atoms with E-state index in [1.165, 1.54) is 18.5 Å². The zero-order valence-corrected chi connectivity index (χ0v) is 26.1. The van der Waals surface area contributed by atoms with Gasteiger partial charge in [-0.1, -0.05) is 11.6 Å². The second-order valence-corrected chi connectivity index (χ2v) is 12.4. The van der Waals surface area contributed by atoms with E-state index in [9.17, 15) is 14.3 Å². The van der Waals surface area contributed by atoms with Crippen molar-refractivity contribution in [3.63, 3.8) is 0 Å². The van der Waals surface area contributed by atoms with Gasteiger partial charge >= 0.3 is 5.97 Å². The van der Waals surface area contributed by atoms with Crippen LogP contribution in [0.5, 0.6) is 11.5 Å². The number of fused-ring (bicyclic) bond motifs is 1. The van der Waals surface area contributed by atoms with E-state index in [-0.39, 0.29) is 23.6 Å². The third kappa shape index (κ3) is 10.2. The molecule has 1 saturated carbocycles. The number of aromatic nitrogens is 2. The van der Waals surface area contributed by atoms with Gasteiger partial charge in [-0.3, -0.25) is 9.69 Å². The molecule has 1 aliphatic carbocycles. The average Bonchev–Trinajstić information content (AvgIpc) is 3.42. The molecule has 1 atom stereocenters. The first-order valence-corrected chi connectivity index (χ1v) is 15.3. The van der Waals surface area contributed by atoms with Crippen LogP contribution in [-0.2, 0) is 9.53 Å². The van der Waals surface area contributed by atoms with Crippen LogP contribution in [0.1, 0.15) is 66.2 Å². The number of ether oxygens (including phenoxy) is 3. The first kappa shape index (κ1) is 32.7. The van der Waals surface area contributed by atoms with Crippen LogP contribution in [0.15, 0.2) is 36.7 Å². The smallest absolute Gasteiger partial charge is 0.320 e. The predicted molar refractivity (Wildman–Crippen MR) is 166 cm³/mol. The molecule has 0 unspecified atom stereocenters. The number of unbranched alkanes of at least 4 members (excludes halogenated alkanes) is 1. The average molecular weight is 617 g/mol. The van der Waals surface area contributed by atoms with Crippen LogP contribution >= 0.6 is 11.6 Å². The third-order valence-electron chi connectivity index (χ3n) is 6.90. The van der Waals surface area contributed by atoms with Gasteiger partial charge in [-0.15, -0.1) is 0 Å². The van der Waals surface area contributed by atoms with Gasteiger partial charge in [-0.05, 0) is 97.0 Å². The summed E-state index contributed by atoms with van der Waals surface area (Å²) < 4.78 is 31.8. The largest absolute Gasteiger partial charge is 0.490 e. The first-order valence-electron chi connectivity index (χ1n) is 14.9. The van der Waals surface area contributed by atoms with Crippen molar-refractivity contribution in [1.29, 1.82) is 0 Å². The molecule has 0 saturated heterocycles. The lowest BCUT2D eigenvalue weighted by atomic mass is 10.2. The summed E-state index contributed by atoms with van der Waals surface area (Å²) in [5.41, 5.74) is 0.710. The zero-order valence-electron chi connectivity index (χ0n) is 25.4. The van der Waals surface area contributed by atoms with E-state index in [2.05, 4.69) is 15.3 Å². The maximum absolute atomic E-state index is 13.7. The van der Waals surface area contributed by atoms with Crippen LogP contribution < -0.4 is 14.8 Å². The molecular weight excluding hydrogens is 575 g/mol. The maximum Gasteiger partial charge on any atom is 0.320 e. The Balaban J connectivity index is 1.45. The van der Waals surface area contributed by atoms with Crippen LogP contribution in [0.25, 0.3) is 10.9 Å².